The first-order chi connectivity index (χ1) is 21.3. The molecule has 2 aliphatic rings. The number of halogens is 2. The van der Waals surface area contributed by atoms with Gasteiger partial charge in [0.1, 0.15) is 30.1 Å². The van der Waals surface area contributed by atoms with Crippen molar-refractivity contribution in [3.05, 3.63) is 77.0 Å². The van der Waals surface area contributed by atoms with E-state index in [1.807, 2.05) is 41.6 Å². The highest BCUT2D eigenvalue weighted by Gasteiger charge is 2.36. The summed E-state index contributed by atoms with van der Waals surface area (Å²) in [6, 6.07) is 12.6. The predicted octanol–water partition coefficient (Wildman–Crippen LogP) is 6.02. The second kappa shape index (κ2) is 12.2. The van der Waals surface area contributed by atoms with Crippen LogP contribution in [-0.4, -0.2) is 79.2 Å². The quantitative estimate of drug-likeness (QED) is 0.188. The predicted molar refractivity (Wildman–Crippen MR) is 168 cm³/mol. The van der Waals surface area contributed by atoms with Crippen molar-refractivity contribution < 1.29 is 18.3 Å². The first kappa shape index (κ1) is 29.5. The number of piperazine rings is 1. The third-order valence-corrected chi connectivity index (χ3v) is 9.47. The molecule has 2 aromatic heterocycles. The molecule has 44 heavy (non-hydrogen) atoms. The molecule has 0 radical (unpaired) electrons. The zero-order valence-corrected chi connectivity index (χ0v) is 25.0. The number of likely N-dealkylation sites (N-methyl/N-ethyl adjacent to an activating group) is 1. The number of likely N-dealkylation sites (tertiary alicyclic amines) is 1. The lowest BCUT2D eigenvalue weighted by Crippen LogP contribution is -2.56. The van der Waals surface area contributed by atoms with Gasteiger partial charge in [0.05, 0.1) is 11.2 Å². The van der Waals surface area contributed by atoms with Gasteiger partial charge in [-0.05, 0) is 61.6 Å². The fourth-order valence-corrected chi connectivity index (χ4v) is 7.14. The molecule has 4 aromatic rings. The van der Waals surface area contributed by atoms with E-state index in [2.05, 4.69) is 22.4 Å². The lowest BCUT2D eigenvalue weighted by molar-refractivity contribution is -0.131. The van der Waals surface area contributed by atoms with Gasteiger partial charge < -0.3 is 24.3 Å². The fourth-order valence-electron chi connectivity index (χ4n) is 6.32. The van der Waals surface area contributed by atoms with Crippen molar-refractivity contribution in [2.24, 2.45) is 0 Å². The average molecular weight is 613 g/mol. The van der Waals surface area contributed by atoms with Crippen LogP contribution in [0, 0.1) is 23.7 Å². The number of thiophene rings is 1. The van der Waals surface area contributed by atoms with E-state index in [1.54, 1.807) is 17.4 Å². The van der Waals surface area contributed by atoms with Crippen molar-refractivity contribution in [1.29, 1.82) is 5.26 Å². The van der Waals surface area contributed by atoms with Gasteiger partial charge in [-0.1, -0.05) is 18.7 Å². The van der Waals surface area contributed by atoms with E-state index in [-0.39, 0.29) is 43.7 Å². The van der Waals surface area contributed by atoms with Crippen LogP contribution in [0.4, 0.5) is 14.5 Å². The topological polar surface area (TPSA) is 77.1 Å². The lowest BCUT2D eigenvalue weighted by atomic mass is 9.98. The normalized spacial score (nSPS) is 18.8. The number of hydrogen-bond acceptors (Lipinski definition) is 7. The summed E-state index contributed by atoms with van der Waals surface area (Å²) in [5.41, 5.74) is 2.15. The third-order valence-electron chi connectivity index (χ3n) is 8.59. The van der Waals surface area contributed by atoms with Gasteiger partial charge in [-0.15, -0.1) is 11.3 Å². The van der Waals surface area contributed by atoms with E-state index < -0.39 is 23.6 Å². The lowest BCUT2D eigenvalue weighted by Gasteiger charge is -2.40. The van der Waals surface area contributed by atoms with Crippen LogP contribution in [0.25, 0.3) is 37.0 Å². The Kier molecular flexibility index (Phi) is 8.17. The molecule has 4 heterocycles. The van der Waals surface area contributed by atoms with Crippen LogP contribution < -0.4 is 9.64 Å². The minimum Gasteiger partial charge on any atom is -0.475 e. The molecule has 2 aliphatic heterocycles. The van der Waals surface area contributed by atoms with Crippen molar-refractivity contribution in [2.75, 3.05) is 51.3 Å². The first-order valence-electron chi connectivity index (χ1n) is 14.4. The minimum absolute atomic E-state index is 0.0685. The highest BCUT2D eigenvalue weighted by Crippen LogP contribution is 2.41. The molecule has 2 atom stereocenters. The summed E-state index contributed by atoms with van der Waals surface area (Å²) in [6.45, 7) is 12.3. The number of hydrogen-bond donors (Lipinski definition) is 0. The molecule has 2 fully saturated rings. The molecule has 0 unspecified atom stereocenters. The zero-order valence-electron chi connectivity index (χ0n) is 24.2. The molecular formula is C33H30F2N6O2S. The Bertz CT molecular complexity index is 1860. The SMILES string of the molecule is [C-]#[N+]C[C@H]1CN(c2c(C#N)c(OC[C@@H]3CCCN3C)nc3cc(-c4cccc5sccc45)c(F)cc23)CCN1C(=O)C(=C)F. The van der Waals surface area contributed by atoms with Gasteiger partial charge in [-0.3, -0.25) is 4.79 Å². The number of pyridine rings is 1. The van der Waals surface area contributed by atoms with E-state index in [4.69, 9.17) is 16.3 Å². The molecule has 11 heteroatoms. The van der Waals surface area contributed by atoms with Gasteiger partial charge in [-0.2, -0.15) is 5.26 Å². The molecule has 0 aliphatic carbocycles. The van der Waals surface area contributed by atoms with E-state index in [0.29, 0.717) is 28.8 Å². The number of nitrogens with zero attached hydrogens (tertiary/aromatic N) is 6. The number of carbonyl (C=O) groups excluding carboxylic acids is 1. The number of anilines is 1. The summed E-state index contributed by atoms with van der Waals surface area (Å²) >= 11 is 1.58. The maximum absolute atomic E-state index is 16.1. The maximum Gasteiger partial charge on any atom is 0.282 e. The average Bonchev–Trinajstić information content (AvgIpc) is 3.67. The molecule has 2 aromatic carbocycles. The van der Waals surface area contributed by atoms with Gasteiger partial charge in [0, 0.05) is 46.7 Å². The summed E-state index contributed by atoms with van der Waals surface area (Å²) < 4.78 is 37.2. The van der Waals surface area contributed by atoms with Crippen LogP contribution in [0.1, 0.15) is 18.4 Å². The van der Waals surface area contributed by atoms with Crippen molar-refractivity contribution in [3.8, 4) is 23.1 Å². The second-order valence-electron chi connectivity index (χ2n) is 11.2. The zero-order chi connectivity index (χ0) is 31.0. The maximum atomic E-state index is 16.1. The van der Waals surface area contributed by atoms with Crippen molar-refractivity contribution in [3.63, 3.8) is 0 Å². The van der Waals surface area contributed by atoms with E-state index >= 15 is 4.39 Å². The minimum atomic E-state index is -1.09. The highest BCUT2D eigenvalue weighted by atomic mass is 32.1. The summed E-state index contributed by atoms with van der Waals surface area (Å²) in [5.74, 6) is -2.27. The number of amides is 1. The Morgan fingerprint density at radius 1 is 1.23 bits per heavy atom. The van der Waals surface area contributed by atoms with E-state index in [9.17, 15) is 14.4 Å². The first-order valence-corrected chi connectivity index (χ1v) is 15.3. The largest absolute Gasteiger partial charge is 0.475 e. The number of carbonyl (C=O) groups is 1. The molecule has 0 spiro atoms. The standard InChI is InChI=1S/C33H30F2N6O2S/c1-20(34)33(42)41-12-11-40(18-22(41)17-37-2)31-26-14-28(35)25(23-7-4-8-30-24(23)9-13-44-30)15-29(26)38-32(27(31)16-36)43-19-21-6-5-10-39(21)3/h4,7-9,13-15,21-22H,1,5-6,10-12,17-19H2,3H3/t21-,22-/m0/s1. The molecule has 0 N–H and O–H groups in total. The third kappa shape index (κ3) is 5.34. The monoisotopic (exact) mass is 612 g/mol. The molecule has 6 rings (SSSR count). The smallest absolute Gasteiger partial charge is 0.282 e. The summed E-state index contributed by atoms with van der Waals surface area (Å²) in [5, 5.41) is 13.8. The summed E-state index contributed by atoms with van der Waals surface area (Å²) in [6.07, 6.45) is 2.02. The number of nitriles is 1. The van der Waals surface area contributed by atoms with Crippen molar-refractivity contribution in [2.45, 2.75) is 24.9 Å². The van der Waals surface area contributed by atoms with Crippen molar-refractivity contribution in [1.82, 2.24) is 14.8 Å². The number of rotatable bonds is 7. The molecular weight excluding hydrogens is 582 g/mol. The number of fused-ring (bicyclic) bond motifs is 2. The summed E-state index contributed by atoms with van der Waals surface area (Å²) in [4.78, 5) is 26.2. The fraction of sp³-hybridized carbons (Fsp3) is 0.333. The van der Waals surface area contributed by atoms with Gasteiger partial charge >= 0.3 is 0 Å². The Balaban J connectivity index is 1.49. The number of aromatic nitrogens is 1. The van der Waals surface area contributed by atoms with Gasteiger partial charge in [0.25, 0.3) is 5.91 Å². The van der Waals surface area contributed by atoms with Crippen LogP contribution in [0.5, 0.6) is 5.88 Å². The second-order valence-corrected chi connectivity index (χ2v) is 12.1. The Morgan fingerprint density at radius 2 is 2.07 bits per heavy atom. The van der Waals surface area contributed by atoms with Crippen molar-refractivity contribution >= 4 is 43.9 Å². The van der Waals surface area contributed by atoms with Gasteiger partial charge in [-0.25, -0.2) is 20.3 Å². The number of ether oxygens (including phenoxy) is 1. The van der Waals surface area contributed by atoms with Crippen LogP contribution in [0.15, 0.2) is 54.2 Å². The Morgan fingerprint density at radius 3 is 2.80 bits per heavy atom. The molecule has 0 bridgehead atoms. The van der Waals surface area contributed by atoms with Crippen LogP contribution in [-0.2, 0) is 4.79 Å². The van der Waals surface area contributed by atoms with Crippen LogP contribution in [0.3, 0.4) is 0 Å². The summed E-state index contributed by atoms with van der Waals surface area (Å²) in [7, 11) is 2.04. The Labute approximate surface area is 258 Å². The number of benzene rings is 2. The van der Waals surface area contributed by atoms with E-state index in [0.717, 1.165) is 35.0 Å². The molecule has 1 amide bonds. The molecule has 2 saturated heterocycles. The van der Waals surface area contributed by atoms with Gasteiger partial charge in [0.2, 0.25) is 12.4 Å². The van der Waals surface area contributed by atoms with Crippen LogP contribution in [0.2, 0.25) is 0 Å². The Hall–Kier alpha value is -4.58. The van der Waals surface area contributed by atoms with Crippen LogP contribution >= 0.6 is 11.3 Å². The molecule has 0 saturated carbocycles. The molecule has 8 nitrogen and oxygen atoms in total. The van der Waals surface area contributed by atoms with E-state index in [1.165, 1.54) is 11.0 Å². The molecule has 224 valence electrons. The van der Waals surface area contributed by atoms with Gasteiger partial charge in [0.15, 0.2) is 5.83 Å². The highest BCUT2D eigenvalue weighted by molar-refractivity contribution is 7.17.